The highest BCUT2D eigenvalue weighted by Crippen LogP contribution is 2.21. The highest BCUT2D eigenvalue weighted by Gasteiger charge is 2.27. The largest absolute Gasteiger partial charge is 0.352 e. The van der Waals surface area contributed by atoms with E-state index < -0.39 is 10.0 Å². The molecule has 3 rings (SSSR count). The third-order valence-corrected chi connectivity index (χ3v) is 6.76. The van der Waals surface area contributed by atoms with Crippen molar-refractivity contribution in [1.82, 2.24) is 14.5 Å². The Hall–Kier alpha value is -1.93. The molecule has 26 heavy (non-hydrogen) atoms. The number of nitrogens with one attached hydrogen (secondary N) is 1. The molecule has 0 atom stereocenters. The van der Waals surface area contributed by atoms with Crippen LogP contribution < -0.4 is 5.32 Å². The monoisotopic (exact) mass is 379 g/mol. The summed E-state index contributed by atoms with van der Waals surface area (Å²) in [6, 6.07) is 6.18. The quantitative estimate of drug-likeness (QED) is 0.722. The van der Waals surface area contributed by atoms with Crippen LogP contribution in [0, 0.1) is 0 Å². The predicted octanol–water partition coefficient (Wildman–Crippen LogP) is 1.21. The lowest BCUT2D eigenvalue weighted by Gasteiger charge is -2.16. The van der Waals surface area contributed by atoms with Crippen LogP contribution in [0.15, 0.2) is 29.2 Å². The van der Waals surface area contributed by atoms with E-state index in [2.05, 4.69) is 5.32 Å². The zero-order chi connectivity index (χ0) is 18.6. The highest BCUT2D eigenvalue weighted by atomic mass is 32.2. The molecule has 2 aliphatic rings. The standard InChI is InChI=1S/C18H25N3O4S/c22-17-8-4-10-20(17)11-5-9-19-18(23)15-6-3-7-16(14-15)26(24,25)21-12-1-2-13-21/h3,6-7,14H,1-2,4-5,8-13H2,(H,19,23). The van der Waals surface area contributed by atoms with Crippen molar-refractivity contribution in [3.8, 4) is 0 Å². The second kappa shape index (κ2) is 8.18. The van der Waals surface area contributed by atoms with Crippen LogP contribution in [0.5, 0.6) is 0 Å². The SMILES string of the molecule is O=C(NCCCN1CCCC1=O)c1cccc(S(=O)(=O)N2CCCC2)c1. The molecular formula is C18H25N3O4S. The van der Waals surface area contributed by atoms with E-state index in [1.807, 2.05) is 4.90 Å². The topological polar surface area (TPSA) is 86.8 Å². The molecule has 1 aromatic carbocycles. The number of benzene rings is 1. The molecule has 8 heteroatoms. The molecule has 2 aliphatic heterocycles. The van der Waals surface area contributed by atoms with Crippen molar-refractivity contribution in [2.45, 2.75) is 37.0 Å². The minimum atomic E-state index is -3.53. The molecule has 0 unspecified atom stereocenters. The fourth-order valence-electron chi connectivity index (χ4n) is 3.39. The summed E-state index contributed by atoms with van der Waals surface area (Å²) in [6.07, 6.45) is 3.95. The number of amides is 2. The zero-order valence-electron chi connectivity index (χ0n) is 14.8. The van der Waals surface area contributed by atoms with Gasteiger partial charge in [0.2, 0.25) is 15.9 Å². The molecule has 0 radical (unpaired) electrons. The second-order valence-corrected chi connectivity index (χ2v) is 8.67. The van der Waals surface area contributed by atoms with Crippen LogP contribution in [0.2, 0.25) is 0 Å². The van der Waals surface area contributed by atoms with Crippen molar-refractivity contribution >= 4 is 21.8 Å². The Morgan fingerprint density at radius 3 is 2.58 bits per heavy atom. The summed E-state index contributed by atoms with van der Waals surface area (Å²) < 4.78 is 26.7. The average molecular weight is 379 g/mol. The smallest absolute Gasteiger partial charge is 0.251 e. The first-order valence-electron chi connectivity index (χ1n) is 9.15. The van der Waals surface area contributed by atoms with Crippen LogP contribution in [-0.2, 0) is 14.8 Å². The van der Waals surface area contributed by atoms with Crippen molar-refractivity contribution in [2.75, 3.05) is 32.7 Å². The second-order valence-electron chi connectivity index (χ2n) is 6.73. The van der Waals surface area contributed by atoms with Crippen LogP contribution >= 0.6 is 0 Å². The Kier molecular flexibility index (Phi) is 5.93. The Bertz CT molecular complexity index is 772. The Balaban J connectivity index is 1.55. The van der Waals surface area contributed by atoms with Gasteiger partial charge in [-0.1, -0.05) is 6.07 Å². The van der Waals surface area contributed by atoms with Crippen LogP contribution in [0.3, 0.4) is 0 Å². The maximum Gasteiger partial charge on any atom is 0.251 e. The van der Waals surface area contributed by atoms with Gasteiger partial charge in [0.05, 0.1) is 4.90 Å². The van der Waals surface area contributed by atoms with E-state index >= 15 is 0 Å². The minimum absolute atomic E-state index is 0.162. The first kappa shape index (κ1) is 18.8. The summed E-state index contributed by atoms with van der Waals surface area (Å²) in [7, 11) is -3.53. The molecule has 2 amide bonds. The van der Waals surface area contributed by atoms with E-state index in [0.29, 0.717) is 44.6 Å². The molecule has 7 nitrogen and oxygen atoms in total. The van der Waals surface area contributed by atoms with Crippen molar-refractivity contribution in [2.24, 2.45) is 0 Å². The number of carbonyl (C=O) groups excluding carboxylic acids is 2. The van der Waals surface area contributed by atoms with Gasteiger partial charge in [0.25, 0.3) is 5.91 Å². The summed E-state index contributed by atoms with van der Waals surface area (Å²) in [6.45, 7) is 2.96. The molecule has 0 aromatic heterocycles. The number of sulfonamides is 1. The van der Waals surface area contributed by atoms with Crippen LogP contribution in [0.25, 0.3) is 0 Å². The molecule has 0 bridgehead atoms. The summed E-state index contributed by atoms with van der Waals surface area (Å²) in [5, 5.41) is 2.80. The average Bonchev–Trinajstić information content (AvgIpc) is 3.31. The van der Waals surface area contributed by atoms with E-state index in [1.54, 1.807) is 12.1 Å². The Morgan fingerprint density at radius 2 is 1.88 bits per heavy atom. The molecule has 1 N–H and O–H groups in total. The number of carbonyl (C=O) groups is 2. The third-order valence-electron chi connectivity index (χ3n) is 4.86. The number of likely N-dealkylation sites (tertiary alicyclic amines) is 1. The van der Waals surface area contributed by atoms with Gasteiger partial charge < -0.3 is 10.2 Å². The van der Waals surface area contributed by atoms with Gasteiger partial charge in [-0.05, 0) is 43.9 Å². The van der Waals surface area contributed by atoms with E-state index in [9.17, 15) is 18.0 Å². The molecule has 2 fully saturated rings. The molecule has 0 saturated carbocycles. The maximum absolute atomic E-state index is 12.6. The molecule has 142 valence electrons. The molecule has 0 spiro atoms. The lowest BCUT2D eigenvalue weighted by atomic mass is 10.2. The summed E-state index contributed by atoms with van der Waals surface area (Å²) in [5.74, 6) is -0.118. The first-order chi connectivity index (χ1) is 12.5. The van der Waals surface area contributed by atoms with Crippen LogP contribution in [0.1, 0.15) is 42.5 Å². The van der Waals surface area contributed by atoms with Crippen LogP contribution in [-0.4, -0.2) is 62.2 Å². The molecule has 2 saturated heterocycles. The Labute approximate surface area is 154 Å². The van der Waals surface area contributed by atoms with Crippen molar-refractivity contribution < 1.29 is 18.0 Å². The number of rotatable bonds is 7. The van der Waals surface area contributed by atoms with E-state index in [4.69, 9.17) is 0 Å². The summed E-state index contributed by atoms with van der Waals surface area (Å²) in [5.41, 5.74) is 0.336. The minimum Gasteiger partial charge on any atom is -0.352 e. The molecular weight excluding hydrogens is 354 g/mol. The normalized spacial score (nSPS) is 18.5. The molecule has 2 heterocycles. The first-order valence-corrected chi connectivity index (χ1v) is 10.6. The summed E-state index contributed by atoms with van der Waals surface area (Å²) >= 11 is 0. The van der Waals surface area contributed by atoms with Gasteiger partial charge in [-0.2, -0.15) is 4.31 Å². The third kappa shape index (κ3) is 4.24. The van der Waals surface area contributed by atoms with Gasteiger partial charge in [0.15, 0.2) is 0 Å². The van der Waals surface area contributed by atoms with Crippen molar-refractivity contribution in [1.29, 1.82) is 0 Å². The zero-order valence-corrected chi connectivity index (χ0v) is 15.6. The van der Waals surface area contributed by atoms with E-state index in [-0.39, 0.29) is 16.7 Å². The lowest BCUT2D eigenvalue weighted by Crippen LogP contribution is -2.31. The maximum atomic E-state index is 12.6. The number of nitrogens with zero attached hydrogens (tertiary/aromatic N) is 2. The van der Waals surface area contributed by atoms with E-state index in [0.717, 1.165) is 25.8 Å². The number of hydrogen-bond acceptors (Lipinski definition) is 4. The van der Waals surface area contributed by atoms with Crippen molar-refractivity contribution in [3.05, 3.63) is 29.8 Å². The molecule has 1 aromatic rings. The van der Waals surface area contributed by atoms with E-state index in [1.165, 1.54) is 16.4 Å². The number of hydrogen-bond donors (Lipinski definition) is 1. The fourth-order valence-corrected chi connectivity index (χ4v) is 4.95. The van der Waals surface area contributed by atoms with Crippen molar-refractivity contribution in [3.63, 3.8) is 0 Å². The predicted molar refractivity (Wildman–Crippen MR) is 97.2 cm³/mol. The Morgan fingerprint density at radius 1 is 1.12 bits per heavy atom. The van der Waals surface area contributed by atoms with Gasteiger partial charge in [-0.25, -0.2) is 8.42 Å². The highest BCUT2D eigenvalue weighted by molar-refractivity contribution is 7.89. The van der Waals surface area contributed by atoms with Gasteiger partial charge in [-0.15, -0.1) is 0 Å². The van der Waals surface area contributed by atoms with Crippen LogP contribution in [0.4, 0.5) is 0 Å². The molecule has 0 aliphatic carbocycles. The van der Waals surface area contributed by atoms with Gasteiger partial charge in [0, 0.05) is 44.7 Å². The van der Waals surface area contributed by atoms with Gasteiger partial charge in [0.1, 0.15) is 0 Å². The van der Waals surface area contributed by atoms with Gasteiger partial charge in [-0.3, -0.25) is 9.59 Å². The lowest BCUT2D eigenvalue weighted by molar-refractivity contribution is -0.127. The fraction of sp³-hybridized carbons (Fsp3) is 0.556. The summed E-state index contributed by atoms with van der Waals surface area (Å²) in [4.78, 5) is 25.8. The van der Waals surface area contributed by atoms with Gasteiger partial charge >= 0.3 is 0 Å².